The van der Waals surface area contributed by atoms with Gasteiger partial charge in [0.2, 0.25) is 0 Å². The Morgan fingerprint density at radius 3 is 2.84 bits per heavy atom. The smallest absolute Gasteiger partial charge is 0.315 e. The van der Waals surface area contributed by atoms with Crippen molar-refractivity contribution >= 4 is 6.03 Å². The van der Waals surface area contributed by atoms with E-state index in [0.29, 0.717) is 12.0 Å². The molecule has 1 saturated heterocycles. The fourth-order valence-corrected chi connectivity index (χ4v) is 3.02. The number of hydrogen-bond acceptors (Lipinski definition) is 2. The lowest BCUT2D eigenvalue weighted by atomic mass is 9.89. The van der Waals surface area contributed by atoms with Gasteiger partial charge in [0.05, 0.1) is 0 Å². The zero-order valence-corrected chi connectivity index (χ0v) is 11.8. The molecule has 19 heavy (non-hydrogen) atoms. The molecule has 1 fully saturated rings. The summed E-state index contributed by atoms with van der Waals surface area (Å²) < 4.78 is 0. The molecule has 4 heteroatoms. The third kappa shape index (κ3) is 3.83. The fraction of sp³-hybridized carbons (Fsp3) is 0.667. The Kier molecular flexibility index (Phi) is 5.02. The van der Waals surface area contributed by atoms with Crippen LogP contribution in [0.3, 0.4) is 0 Å². The second-order valence-corrected chi connectivity index (χ2v) is 5.57. The van der Waals surface area contributed by atoms with Crippen LogP contribution in [-0.4, -0.2) is 36.6 Å². The van der Waals surface area contributed by atoms with Gasteiger partial charge in [0.25, 0.3) is 0 Å². The average Bonchev–Trinajstić information content (AvgIpc) is 2.42. The monoisotopic (exact) mass is 263 g/mol. The number of carbonyl (C=O) groups excluding carboxylic acids is 1. The Hall–Kier alpha value is -1.29. The van der Waals surface area contributed by atoms with E-state index >= 15 is 0 Å². The second-order valence-electron chi connectivity index (χ2n) is 5.57. The topological polar surface area (TPSA) is 58.4 Å². The lowest BCUT2D eigenvalue weighted by Gasteiger charge is -2.34. The maximum absolute atomic E-state index is 11.7. The number of carbonyl (C=O) groups is 1. The van der Waals surface area contributed by atoms with Gasteiger partial charge in [-0.1, -0.05) is 23.8 Å². The van der Waals surface area contributed by atoms with Crippen molar-refractivity contribution in [2.45, 2.75) is 38.6 Å². The maximum atomic E-state index is 11.7. The largest absolute Gasteiger partial charge is 0.351 e. The van der Waals surface area contributed by atoms with Gasteiger partial charge < -0.3 is 16.0 Å². The summed E-state index contributed by atoms with van der Waals surface area (Å²) in [6.07, 6.45) is 10.6. The van der Waals surface area contributed by atoms with Crippen molar-refractivity contribution in [2.24, 2.45) is 11.7 Å². The van der Waals surface area contributed by atoms with Crippen molar-refractivity contribution in [3.05, 3.63) is 23.8 Å². The molecule has 0 aromatic heterocycles. The van der Waals surface area contributed by atoms with Gasteiger partial charge in [-0.05, 0) is 51.6 Å². The first-order valence-corrected chi connectivity index (χ1v) is 7.28. The molecular weight excluding hydrogens is 238 g/mol. The minimum absolute atomic E-state index is 0.264. The summed E-state index contributed by atoms with van der Waals surface area (Å²) >= 11 is 0. The molecule has 2 amide bonds. The molecule has 2 rings (SSSR count). The average molecular weight is 263 g/mol. The first kappa shape index (κ1) is 14.1. The first-order valence-electron chi connectivity index (χ1n) is 7.28. The molecule has 0 radical (unpaired) electrons. The number of rotatable bonds is 4. The summed E-state index contributed by atoms with van der Waals surface area (Å²) in [5, 5.41) is 3.32. The molecule has 1 aliphatic carbocycles. The van der Waals surface area contributed by atoms with E-state index < -0.39 is 0 Å². The molecule has 0 spiro atoms. The summed E-state index contributed by atoms with van der Waals surface area (Å²) in [7, 11) is 0. The number of nitrogens with one attached hydrogen (secondary N) is 1. The molecule has 0 aromatic carbocycles. The molecular formula is C15H25N3O. The van der Waals surface area contributed by atoms with Gasteiger partial charge in [0.15, 0.2) is 0 Å². The molecule has 1 aliphatic heterocycles. The lowest BCUT2D eigenvalue weighted by Crippen LogP contribution is -2.49. The van der Waals surface area contributed by atoms with Crippen molar-refractivity contribution in [3.63, 3.8) is 0 Å². The Bertz CT molecular complexity index is 370. The van der Waals surface area contributed by atoms with Crippen LogP contribution in [0, 0.1) is 5.92 Å². The number of amides is 2. The van der Waals surface area contributed by atoms with Crippen LogP contribution in [0.15, 0.2) is 23.8 Å². The van der Waals surface area contributed by atoms with Gasteiger partial charge in [-0.25, -0.2) is 4.79 Å². The van der Waals surface area contributed by atoms with Gasteiger partial charge in [0.1, 0.15) is 0 Å². The fourth-order valence-electron chi connectivity index (χ4n) is 3.02. The van der Waals surface area contributed by atoms with E-state index in [1.165, 1.54) is 5.57 Å². The van der Waals surface area contributed by atoms with E-state index in [9.17, 15) is 4.79 Å². The molecule has 106 valence electrons. The molecule has 1 heterocycles. The molecule has 0 saturated carbocycles. The summed E-state index contributed by atoms with van der Waals surface area (Å²) in [5.41, 5.74) is 6.97. The van der Waals surface area contributed by atoms with Gasteiger partial charge in [-0.15, -0.1) is 0 Å². The van der Waals surface area contributed by atoms with E-state index in [1.807, 2.05) is 4.90 Å². The van der Waals surface area contributed by atoms with Crippen LogP contribution in [0.4, 0.5) is 4.79 Å². The van der Waals surface area contributed by atoms with Gasteiger partial charge in [-0.3, -0.25) is 0 Å². The molecule has 2 aliphatic rings. The maximum Gasteiger partial charge on any atom is 0.315 e. The summed E-state index contributed by atoms with van der Waals surface area (Å²) in [6.45, 7) is 4.93. The number of allylic oxidation sites excluding steroid dienone is 4. The summed E-state index contributed by atoms with van der Waals surface area (Å²) in [4.78, 5) is 13.5. The SMILES string of the molecule is CC1=CC=CCC1CCN(C(N)=O)C1CCNCC1. The van der Waals surface area contributed by atoms with Crippen LogP contribution in [0.2, 0.25) is 0 Å². The summed E-state index contributed by atoms with van der Waals surface area (Å²) in [6, 6.07) is 0.0575. The van der Waals surface area contributed by atoms with Crippen molar-refractivity contribution in [3.8, 4) is 0 Å². The van der Waals surface area contributed by atoms with Crippen LogP contribution in [0.1, 0.15) is 32.6 Å². The predicted molar refractivity (Wildman–Crippen MR) is 77.8 cm³/mol. The first-order chi connectivity index (χ1) is 9.18. The van der Waals surface area contributed by atoms with Crippen molar-refractivity contribution < 1.29 is 4.79 Å². The lowest BCUT2D eigenvalue weighted by molar-refractivity contribution is 0.163. The predicted octanol–water partition coefficient (Wildman–Crippen LogP) is 2.03. The van der Waals surface area contributed by atoms with Crippen molar-refractivity contribution in [1.29, 1.82) is 0 Å². The van der Waals surface area contributed by atoms with Crippen LogP contribution in [0.25, 0.3) is 0 Å². The van der Waals surface area contributed by atoms with Crippen molar-refractivity contribution in [1.82, 2.24) is 10.2 Å². The molecule has 3 N–H and O–H groups in total. The van der Waals surface area contributed by atoms with Gasteiger partial charge >= 0.3 is 6.03 Å². The van der Waals surface area contributed by atoms with Gasteiger partial charge in [-0.2, -0.15) is 0 Å². The summed E-state index contributed by atoms with van der Waals surface area (Å²) in [5.74, 6) is 0.563. The van der Waals surface area contributed by atoms with E-state index in [2.05, 4.69) is 30.5 Å². The number of nitrogens with two attached hydrogens (primary N) is 1. The zero-order chi connectivity index (χ0) is 13.7. The Balaban J connectivity index is 1.88. The minimum Gasteiger partial charge on any atom is -0.351 e. The normalized spacial score (nSPS) is 24.1. The minimum atomic E-state index is -0.264. The highest BCUT2D eigenvalue weighted by Crippen LogP contribution is 2.24. The van der Waals surface area contributed by atoms with Gasteiger partial charge in [0, 0.05) is 12.6 Å². The Labute approximate surface area is 115 Å². The van der Waals surface area contributed by atoms with Crippen LogP contribution >= 0.6 is 0 Å². The van der Waals surface area contributed by atoms with E-state index in [1.54, 1.807) is 0 Å². The molecule has 0 bridgehead atoms. The van der Waals surface area contributed by atoms with Crippen LogP contribution in [-0.2, 0) is 0 Å². The standard InChI is InChI=1S/C15H25N3O/c1-12-4-2-3-5-13(12)8-11-18(15(16)19)14-6-9-17-10-7-14/h2-4,13-14,17H,5-11H2,1H3,(H2,16,19). The zero-order valence-electron chi connectivity index (χ0n) is 11.8. The quantitative estimate of drug-likeness (QED) is 0.815. The highest BCUT2D eigenvalue weighted by Gasteiger charge is 2.24. The van der Waals surface area contributed by atoms with E-state index in [0.717, 1.165) is 45.3 Å². The third-order valence-electron chi connectivity index (χ3n) is 4.31. The van der Waals surface area contributed by atoms with Crippen LogP contribution in [0.5, 0.6) is 0 Å². The Morgan fingerprint density at radius 1 is 1.47 bits per heavy atom. The number of nitrogens with zero attached hydrogens (tertiary/aromatic N) is 1. The van der Waals surface area contributed by atoms with Crippen molar-refractivity contribution in [2.75, 3.05) is 19.6 Å². The number of piperidine rings is 1. The number of hydrogen-bond donors (Lipinski definition) is 2. The van der Waals surface area contributed by atoms with Crippen LogP contribution < -0.4 is 11.1 Å². The Morgan fingerprint density at radius 2 is 2.21 bits per heavy atom. The number of primary amides is 1. The molecule has 4 nitrogen and oxygen atoms in total. The second kappa shape index (κ2) is 6.75. The van der Waals surface area contributed by atoms with E-state index in [4.69, 9.17) is 5.73 Å². The molecule has 0 aromatic rings. The van der Waals surface area contributed by atoms with E-state index in [-0.39, 0.29) is 6.03 Å². The molecule has 1 atom stereocenters. The molecule has 1 unspecified atom stereocenters. The highest BCUT2D eigenvalue weighted by atomic mass is 16.2. The number of urea groups is 1. The third-order valence-corrected chi connectivity index (χ3v) is 4.31. The highest BCUT2D eigenvalue weighted by molar-refractivity contribution is 5.72.